The van der Waals surface area contributed by atoms with Gasteiger partial charge >= 0.3 is 0 Å². The van der Waals surface area contributed by atoms with E-state index in [9.17, 15) is 5.11 Å². The van der Waals surface area contributed by atoms with Gasteiger partial charge in [-0.05, 0) is 20.3 Å². The molecule has 0 rings (SSSR count). The molecule has 0 aliphatic carbocycles. The molecule has 1 unspecified atom stereocenters. The second-order valence-corrected chi connectivity index (χ2v) is 4.64. The molecule has 0 aromatic rings. The van der Waals surface area contributed by atoms with Crippen LogP contribution in [0.15, 0.2) is 0 Å². The highest BCUT2D eigenvalue weighted by Gasteiger charge is 2.17. The van der Waals surface area contributed by atoms with Crippen molar-refractivity contribution in [2.24, 2.45) is 0 Å². The highest BCUT2D eigenvalue weighted by Crippen LogP contribution is 2.13. The summed E-state index contributed by atoms with van der Waals surface area (Å²) < 4.78 is 5.58. The van der Waals surface area contributed by atoms with Crippen molar-refractivity contribution in [3.8, 4) is 0 Å². The summed E-state index contributed by atoms with van der Waals surface area (Å²) >= 11 is 0. The number of ether oxygens (including phenoxy) is 1. The van der Waals surface area contributed by atoms with Crippen LogP contribution in [0.25, 0.3) is 0 Å². The van der Waals surface area contributed by atoms with E-state index in [4.69, 9.17) is 4.74 Å². The maximum Gasteiger partial charge on any atom is 0.0898 e. The van der Waals surface area contributed by atoms with Gasteiger partial charge in [-0.25, -0.2) is 0 Å². The third kappa shape index (κ3) is 7.30. The van der Waals surface area contributed by atoms with E-state index in [0.717, 1.165) is 6.42 Å². The Kier molecular flexibility index (Phi) is 6.33. The second-order valence-electron chi connectivity index (χ2n) is 4.64. The number of aliphatic hydroxyl groups excluding tert-OH is 1. The van der Waals surface area contributed by atoms with Crippen LogP contribution in [0, 0.1) is 0 Å². The van der Waals surface area contributed by atoms with Crippen molar-refractivity contribution < 1.29 is 9.84 Å². The van der Waals surface area contributed by atoms with E-state index in [0.29, 0.717) is 19.2 Å². The van der Waals surface area contributed by atoms with Crippen LogP contribution in [0.2, 0.25) is 0 Å². The molecular weight excluding hydrogens is 178 g/mol. The molecule has 14 heavy (non-hydrogen) atoms. The summed E-state index contributed by atoms with van der Waals surface area (Å²) in [6, 6.07) is 0.406. The van der Waals surface area contributed by atoms with Crippen molar-refractivity contribution >= 4 is 0 Å². The number of aliphatic hydroxyl groups is 1. The third-order valence-corrected chi connectivity index (χ3v) is 2.28. The molecule has 86 valence electrons. The van der Waals surface area contributed by atoms with E-state index in [1.54, 1.807) is 0 Å². The van der Waals surface area contributed by atoms with Gasteiger partial charge in [0.05, 0.1) is 18.3 Å². The van der Waals surface area contributed by atoms with Gasteiger partial charge < -0.3 is 15.2 Å². The first kappa shape index (κ1) is 13.9. The van der Waals surface area contributed by atoms with Crippen LogP contribution in [-0.4, -0.2) is 36.0 Å². The smallest absolute Gasteiger partial charge is 0.0898 e. The molecular formula is C11H25NO2. The molecule has 2 N–H and O–H groups in total. The van der Waals surface area contributed by atoms with E-state index in [-0.39, 0.29) is 5.60 Å². The first-order valence-corrected chi connectivity index (χ1v) is 5.43. The van der Waals surface area contributed by atoms with Crippen LogP contribution in [-0.2, 0) is 4.74 Å². The maximum atomic E-state index is 9.57. The van der Waals surface area contributed by atoms with Crippen molar-refractivity contribution in [3.63, 3.8) is 0 Å². The molecule has 0 amide bonds. The third-order valence-electron chi connectivity index (χ3n) is 2.28. The zero-order chi connectivity index (χ0) is 11.2. The highest BCUT2D eigenvalue weighted by molar-refractivity contribution is 4.68. The van der Waals surface area contributed by atoms with E-state index >= 15 is 0 Å². The van der Waals surface area contributed by atoms with Gasteiger partial charge in [-0.2, -0.15) is 0 Å². The fourth-order valence-electron chi connectivity index (χ4n) is 0.855. The second kappa shape index (κ2) is 6.38. The Hall–Kier alpha value is -0.120. The van der Waals surface area contributed by atoms with Gasteiger partial charge in [0.15, 0.2) is 0 Å². The summed E-state index contributed by atoms with van der Waals surface area (Å²) in [5.74, 6) is 0. The maximum absolute atomic E-state index is 9.57. The normalized spacial score (nSPS) is 14.8. The van der Waals surface area contributed by atoms with E-state index in [1.807, 2.05) is 13.8 Å². The number of rotatable bonds is 7. The fourth-order valence-corrected chi connectivity index (χ4v) is 0.855. The molecule has 0 fully saturated rings. The van der Waals surface area contributed by atoms with E-state index in [2.05, 4.69) is 26.1 Å². The Morgan fingerprint density at radius 1 is 1.36 bits per heavy atom. The fraction of sp³-hybridized carbons (Fsp3) is 1.00. The minimum atomic E-state index is -0.414. The average Bonchev–Trinajstić information content (AvgIpc) is 2.11. The Morgan fingerprint density at radius 2 is 1.93 bits per heavy atom. The molecule has 1 atom stereocenters. The van der Waals surface area contributed by atoms with Gasteiger partial charge in [0, 0.05) is 12.6 Å². The van der Waals surface area contributed by atoms with E-state index in [1.165, 1.54) is 0 Å². The number of nitrogens with one attached hydrogen (secondary N) is 1. The molecule has 0 aliphatic heterocycles. The molecule has 0 heterocycles. The Bertz CT molecular complexity index is 146. The van der Waals surface area contributed by atoms with Crippen molar-refractivity contribution in [2.75, 3.05) is 13.2 Å². The Labute approximate surface area is 87.8 Å². The summed E-state index contributed by atoms with van der Waals surface area (Å²) in [4.78, 5) is 0. The zero-order valence-electron chi connectivity index (χ0n) is 10.1. The van der Waals surface area contributed by atoms with Crippen LogP contribution >= 0.6 is 0 Å². The minimum Gasteiger partial charge on any atom is -0.389 e. The van der Waals surface area contributed by atoms with Crippen LogP contribution in [0.4, 0.5) is 0 Å². The van der Waals surface area contributed by atoms with Crippen LogP contribution in [0.3, 0.4) is 0 Å². The summed E-state index contributed by atoms with van der Waals surface area (Å²) in [6.07, 6.45) is 0.542. The predicted molar refractivity (Wildman–Crippen MR) is 59.5 cm³/mol. The van der Waals surface area contributed by atoms with Crippen molar-refractivity contribution in [2.45, 2.75) is 58.8 Å². The quantitative estimate of drug-likeness (QED) is 0.659. The zero-order valence-corrected chi connectivity index (χ0v) is 10.1. The number of hydrogen-bond acceptors (Lipinski definition) is 3. The van der Waals surface area contributed by atoms with Gasteiger partial charge in [0.2, 0.25) is 0 Å². The summed E-state index contributed by atoms with van der Waals surface area (Å²) in [5, 5.41) is 12.7. The molecule has 0 saturated heterocycles. The first-order chi connectivity index (χ1) is 6.37. The summed E-state index contributed by atoms with van der Waals surface area (Å²) in [5.41, 5.74) is -0.126. The first-order valence-electron chi connectivity index (χ1n) is 5.43. The van der Waals surface area contributed by atoms with Crippen LogP contribution in [0.1, 0.15) is 41.0 Å². The van der Waals surface area contributed by atoms with Gasteiger partial charge in [-0.15, -0.1) is 0 Å². The van der Waals surface area contributed by atoms with Crippen molar-refractivity contribution in [1.29, 1.82) is 0 Å². The molecule has 0 bridgehead atoms. The molecule has 0 radical (unpaired) electrons. The Balaban J connectivity index is 3.58. The molecule has 0 aliphatic rings. The minimum absolute atomic E-state index is 0.126. The topological polar surface area (TPSA) is 41.5 Å². The Morgan fingerprint density at radius 3 is 2.36 bits per heavy atom. The molecule has 0 aromatic carbocycles. The largest absolute Gasteiger partial charge is 0.389 e. The molecule has 0 aromatic heterocycles. The van der Waals surface area contributed by atoms with Gasteiger partial charge in [0.1, 0.15) is 0 Å². The lowest BCUT2D eigenvalue weighted by molar-refractivity contribution is -0.0603. The summed E-state index contributed by atoms with van der Waals surface area (Å²) in [6.45, 7) is 11.3. The predicted octanol–water partition coefficient (Wildman–Crippen LogP) is 1.55. The molecule has 0 spiro atoms. The highest BCUT2D eigenvalue weighted by atomic mass is 16.5. The van der Waals surface area contributed by atoms with Gasteiger partial charge in [-0.3, -0.25) is 0 Å². The van der Waals surface area contributed by atoms with Gasteiger partial charge in [0.25, 0.3) is 0 Å². The number of hydrogen-bond donors (Lipinski definition) is 2. The lowest BCUT2D eigenvalue weighted by atomic mass is 10.1. The lowest BCUT2D eigenvalue weighted by Gasteiger charge is -2.25. The van der Waals surface area contributed by atoms with Crippen molar-refractivity contribution in [1.82, 2.24) is 5.32 Å². The standard InChI is InChI=1S/C11H25NO2/c1-6-11(4,5)14-8-10(13)7-12-9(2)3/h9-10,12-13H,6-8H2,1-5H3. The van der Waals surface area contributed by atoms with Crippen LogP contribution < -0.4 is 5.32 Å². The molecule has 0 saturated carbocycles. The monoisotopic (exact) mass is 203 g/mol. The lowest BCUT2D eigenvalue weighted by Crippen LogP contribution is -2.37. The van der Waals surface area contributed by atoms with Crippen LogP contribution in [0.5, 0.6) is 0 Å². The van der Waals surface area contributed by atoms with Gasteiger partial charge in [-0.1, -0.05) is 20.8 Å². The summed E-state index contributed by atoms with van der Waals surface area (Å²) in [7, 11) is 0. The SMILES string of the molecule is CCC(C)(C)OCC(O)CNC(C)C. The van der Waals surface area contributed by atoms with Crippen molar-refractivity contribution in [3.05, 3.63) is 0 Å². The molecule has 3 nitrogen and oxygen atoms in total. The molecule has 3 heteroatoms. The average molecular weight is 203 g/mol. The van der Waals surface area contributed by atoms with E-state index < -0.39 is 6.10 Å².